The van der Waals surface area contributed by atoms with Crippen molar-refractivity contribution in [2.45, 2.75) is 70.6 Å². The Bertz CT molecular complexity index is 250. The molecule has 3 N–H and O–H groups in total. The molecule has 1 fully saturated rings. The quantitative estimate of drug-likeness (QED) is 0.396. The maximum absolute atomic E-state index is 10.1. The lowest BCUT2D eigenvalue weighted by Gasteiger charge is -2.16. The smallest absolute Gasteiger partial charge is 0.0944 e. The van der Waals surface area contributed by atoms with Crippen LogP contribution in [0.25, 0.3) is 0 Å². The SMILES string of the molecule is CCC(C)CC1(C)NC1C(O)COCCCCCO. The van der Waals surface area contributed by atoms with E-state index in [0.717, 1.165) is 25.7 Å². The molecule has 1 saturated heterocycles. The topological polar surface area (TPSA) is 71.6 Å². The van der Waals surface area contributed by atoms with Crippen LogP contribution < -0.4 is 5.32 Å². The molecule has 1 rings (SSSR count). The molecule has 0 amide bonds. The molecule has 0 spiro atoms. The molecule has 0 aromatic heterocycles. The molecule has 0 aromatic carbocycles. The maximum atomic E-state index is 10.1. The molecular weight excluding hydrogens is 242 g/mol. The third-order valence-electron chi connectivity index (χ3n) is 4.18. The Morgan fingerprint density at radius 3 is 2.68 bits per heavy atom. The number of aliphatic hydroxyl groups excluding tert-OH is 2. The number of ether oxygens (including phenoxy) is 1. The molecule has 0 aromatic rings. The average molecular weight is 273 g/mol. The Hall–Kier alpha value is -0.160. The zero-order chi connectivity index (χ0) is 14.3. The highest BCUT2D eigenvalue weighted by Gasteiger charge is 2.53. The molecule has 1 aliphatic heterocycles. The van der Waals surface area contributed by atoms with Crippen LogP contribution in [-0.4, -0.2) is 47.7 Å². The van der Waals surface area contributed by atoms with Gasteiger partial charge >= 0.3 is 0 Å². The van der Waals surface area contributed by atoms with Crippen molar-refractivity contribution in [1.29, 1.82) is 0 Å². The molecule has 1 heterocycles. The minimum Gasteiger partial charge on any atom is -0.396 e. The summed E-state index contributed by atoms with van der Waals surface area (Å²) >= 11 is 0. The summed E-state index contributed by atoms with van der Waals surface area (Å²) in [6, 6.07) is 0.180. The molecule has 0 bridgehead atoms. The van der Waals surface area contributed by atoms with Gasteiger partial charge in [0, 0.05) is 18.8 Å². The van der Waals surface area contributed by atoms with Gasteiger partial charge in [-0.25, -0.2) is 0 Å². The molecular formula is C15H31NO3. The van der Waals surface area contributed by atoms with Crippen LogP contribution in [0.3, 0.4) is 0 Å². The molecule has 4 atom stereocenters. The normalized spacial score (nSPS) is 29.2. The van der Waals surface area contributed by atoms with Gasteiger partial charge in [0.25, 0.3) is 0 Å². The Kier molecular flexibility index (Phi) is 7.29. The van der Waals surface area contributed by atoms with Gasteiger partial charge in [-0.2, -0.15) is 0 Å². The number of rotatable bonds is 11. The summed E-state index contributed by atoms with van der Waals surface area (Å²) in [5.41, 5.74) is 0.0924. The van der Waals surface area contributed by atoms with Gasteiger partial charge in [0.1, 0.15) is 0 Å². The second kappa shape index (κ2) is 8.20. The standard InChI is InChI=1S/C15H31NO3/c1-4-12(2)10-15(3)14(16-15)13(18)11-19-9-7-5-6-8-17/h12-14,16-18H,4-11H2,1-3H3. The molecule has 19 heavy (non-hydrogen) atoms. The summed E-state index contributed by atoms with van der Waals surface area (Å²) in [5.74, 6) is 0.689. The largest absolute Gasteiger partial charge is 0.396 e. The lowest BCUT2D eigenvalue weighted by Crippen LogP contribution is -2.28. The summed E-state index contributed by atoms with van der Waals surface area (Å²) in [7, 11) is 0. The van der Waals surface area contributed by atoms with E-state index in [4.69, 9.17) is 9.84 Å². The Labute approximate surface area is 117 Å². The van der Waals surface area contributed by atoms with Crippen molar-refractivity contribution in [3.05, 3.63) is 0 Å². The lowest BCUT2D eigenvalue weighted by molar-refractivity contribution is 0.0313. The van der Waals surface area contributed by atoms with E-state index in [-0.39, 0.29) is 18.2 Å². The summed E-state index contributed by atoms with van der Waals surface area (Å²) in [5, 5.41) is 22.1. The zero-order valence-electron chi connectivity index (χ0n) is 12.7. The van der Waals surface area contributed by atoms with Crippen molar-refractivity contribution < 1.29 is 14.9 Å². The molecule has 0 radical (unpaired) electrons. The average Bonchev–Trinajstić information content (AvgIpc) is 3.05. The minimum atomic E-state index is -0.410. The first kappa shape index (κ1) is 16.9. The van der Waals surface area contributed by atoms with Gasteiger partial charge in [0.2, 0.25) is 0 Å². The van der Waals surface area contributed by atoms with Gasteiger partial charge in [-0.1, -0.05) is 20.3 Å². The second-order valence-corrected chi connectivity index (χ2v) is 6.18. The van der Waals surface area contributed by atoms with Crippen LogP contribution in [0.1, 0.15) is 52.9 Å². The Morgan fingerprint density at radius 1 is 1.32 bits per heavy atom. The van der Waals surface area contributed by atoms with E-state index in [1.165, 1.54) is 6.42 Å². The molecule has 114 valence electrons. The van der Waals surface area contributed by atoms with Crippen molar-refractivity contribution in [2.75, 3.05) is 19.8 Å². The van der Waals surface area contributed by atoms with E-state index in [1.807, 2.05) is 0 Å². The molecule has 0 aliphatic carbocycles. The fourth-order valence-electron chi connectivity index (χ4n) is 2.68. The summed E-state index contributed by atoms with van der Waals surface area (Å²) in [4.78, 5) is 0. The molecule has 4 nitrogen and oxygen atoms in total. The molecule has 4 unspecified atom stereocenters. The highest BCUT2D eigenvalue weighted by atomic mass is 16.5. The predicted molar refractivity (Wildman–Crippen MR) is 77.2 cm³/mol. The first-order valence-electron chi connectivity index (χ1n) is 7.68. The van der Waals surface area contributed by atoms with Gasteiger partial charge < -0.3 is 20.3 Å². The van der Waals surface area contributed by atoms with Crippen molar-refractivity contribution >= 4 is 0 Å². The van der Waals surface area contributed by atoms with Gasteiger partial charge in [-0.05, 0) is 38.5 Å². The number of hydrogen-bond donors (Lipinski definition) is 3. The van der Waals surface area contributed by atoms with E-state index in [2.05, 4.69) is 26.1 Å². The van der Waals surface area contributed by atoms with Crippen LogP contribution in [0.4, 0.5) is 0 Å². The van der Waals surface area contributed by atoms with Crippen molar-refractivity contribution in [2.24, 2.45) is 5.92 Å². The zero-order valence-corrected chi connectivity index (χ0v) is 12.7. The fourth-order valence-corrected chi connectivity index (χ4v) is 2.68. The summed E-state index contributed by atoms with van der Waals surface area (Å²) < 4.78 is 5.50. The lowest BCUT2D eigenvalue weighted by atomic mass is 9.91. The highest BCUT2D eigenvalue weighted by molar-refractivity contribution is 5.14. The van der Waals surface area contributed by atoms with Crippen molar-refractivity contribution in [3.8, 4) is 0 Å². The molecule has 4 heteroatoms. The second-order valence-electron chi connectivity index (χ2n) is 6.18. The fraction of sp³-hybridized carbons (Fsp3) is 1.00. The first-order valence-corrected chi connectivity index (χ1v) is 7.68. The van der Waals surface area contributed by atoms with E-state index < -0.39 is 6.10 Å². The van der Waals surface area contributed by atoms with Crippen molar-refractivity contribution in [1.82, 2.24) is 5.32 Å². The van der Waals surface area contributed by atoms with Gasteiger partial charge in [-0.15, -0.1) is 0 Å². The van der Waals surface area contributed by atoms with Gasteiger partial charge in [-0.3, -0.25) is 0 Å². The van der Waals surface area contributed by atoms with Crippen LogP contribution in [-0.2, 0) is 4.74 Å². The molecule has 1 aliphatic rings. The molecule has 0 saturated carbocycles. The van der Waals surface area contributed by atoms with Crippen LogP contribution in [0.5, 0.6) is 0 Å². The predicted octanol–water partition coefficient (Wildman–Crippen LogP) is 1.69. The third kappa shape index (κ3) is 5.78. The minimum absolute atomic E-state index is 0.0924. The van der Waals surface area contributed by atoms with Gasteiger partial charge in [0.15, 0.2) is 0 Å². The maximum Gasteiger partial charge on any atom is 0.0944 e. The summed E-state index contributed by atoms with van der Waals surface area (Å²) in [6.45, 7) is 7.99. The third-order valence-corrected chi connectivity index (χ3v) is 4.18. The number of hydrogen-bond acceptors (Lipinski definition) is 4. The highest BCUT2D eigenvalue weighted by Crippen LogP contribution is 2.35. The summed E-state index contributed by atoms with van der Waals surface area (Å²) in [6.07, 6.45) is 4.66. The number of unbranched alkanes of at least 4 members (excludes halogenated alkanes) is 2. The van der Waals surface area contributed by atoms with Crippen LogP contribution in [0.15, 0.2) is 0 Å². The Balaban J connectivity index is 2.09. The van der Waals surface area contributed by atoms with Crippen LogP contribution in [0, 0.1) is 5.92 Å². The first-order chi connectivity index (χ1) is 9.03. The van der Waals surface area contributed by atoms with Crippen LogP contribution >= 0.6 is 0 Å². The van der Waals surface area contributed by atoms with Crippen LogP contribution in [0.2, 0.25) is 0 Å². The van der Waals surface area contributed by atoms with E-state index >= 15 is 0 Å². The van der Waals surface area contributed by atoms with Gasteiger partial charge in [0.05, 0.1) is 18.8 Å². The van der Waals surface area contributed by atoms with Crippen molar-refractivity contribution in [3.63, 3.8) is 0 Å². The van der Waals surface area contributed by atoms with E-state index in [1.54, 1.807) is 0 Å². The van der Waals surface area contributed by atoms with E-state index in [0.29, 0.717) is 19.1 Å². The number of nitrogens with one attached hydrogen (secondary N) is 1. The monoisotopic (exact) mass is 273 g/mol. The Morgan fingerprint density at radius 2 is 2.05 bits per heavy atom. The number of aliphatic hydroxyl groups is 2. The van der Waals surface area contributed by atoms with E-state index in [9.17, 15) is 5.11 Å².